The van der Waals surface area contributed by atoms with Gasteiger partial charge in [-0.1, -0.05) is 46.3 Å². The van der Waals surface area contributed by atoms with Gasteiger partial charge in [-0.15, -0.1) is 0 Å². The molecular formula is C33H38BrN3O7S. The molecule has 1 aliphatic heterocycles. The second-order valence-electron chi connectivity index (χ2n) is 11.3. The fraction of sp³-hybridized carbons (Fsp3) is 0.394. The van der Waals surface area contributed by atoms with Gasteiger partial charge in [0.05, 0.1) is 23.4 Å². The Kier molecular flexibility index (Phi) is 10.9. The van der Waals surface area contributed by atoms with E-state index in [0.29, 0.717) is 55.6 Å². The SMILES string of the molecule is O=C(NNC1CCC(O)CC1)[C@@]1(CCS(=O)(=O)c2ccccc2)N=C(c2ccc(OCCCO)cc2)O[C@H]1c1ccc(Br)cc1. The Balaban J connectivity index is 1.50. The highest BCUT2D eigenvalue weighted by Gasteiger charge is 2.54. The van der Waals surface area contributed by atoms with Crippen molar-refractivity contribution in [3.63, 3.8) is 0 Å². The van der Waals surface area contributed by atoms with Gasteiger partial charge in [0, 0.05) is 35.5 Å². The average Bonchev–Trinajstić information content (AvgIpc) is 3.45. The largest absolute Gasteiger partial charge is 0.494 e. The Hall–Kier alpha value is -3.29. The summed E-state index contributed by atoms with van der Waals surface area (Å²) in [6, 6.07) is 22.5. The van der Waals surface area contributed by atoms with Crippen molar-refractivity contribution in [2.24, 2.45) is 4.99 Å². The Morgan fingerprint density at radius 1 is 1.00 bits per heavy atom. The number of sulfone groups is 1. The van der Waals surface area contributed by atoms with E-state index >= 15 is 0 Å². The van der Waals surface area contributed by atoms with Gasteiger partial charge >= 0.3 is 0 Å². The lowest BCUT2D eigenvalue weighted by Gasteiger charge is -2.32. The van der Waals surface area contributed by atoms with Gasteiger partial charge in [-0.2, -0.15) is 0 Å². The molecular weight excluding hydrogens is 662 g/mol. The Labute approximate surface area is 271 Å². The van der Waals surface area contributed by atoms with Crippen molar-refractivity contribution in [1.82, 2.24) is 10.9 Å². The van der Waals surface area contributed by atoms with Crippen LogP contribution in [-0.2, 0) is 19.4 Å². The number of amides is 1. The lowest BCUT2D eigenvalue weighted by atomic mass is 9.85. The van der Waals surface area contributed by atoms with Crippen LogP contribution in [0, 0.1) is 0 Å². The van der Waals surface area contributed by atoms with E-state index < -0.39 is 27.4 Å². The van der Waals surface area contributed by atoms with E-state index in [0.717, 1.165) is 4.47 Å². The van der Waals surface area contributed by atoms with Crippen molar-refractivity contribution >= 4 is 37.6 Å². The molecule has 3 aromatic rings. The van der Waals surface area contributed by atoms with Crippen LogP contribution in [-0.4, -0.2) is 67.1 Å². The van der Waals surface area contributed by atoms with Crippen LogP contribution in [0.1, 0.15) is 55.8 Å². The summed E-state index contributed by atoms with van der Waals surface area (Å²) in [6.45, 7) is 0.396. The number of aliphatic hydroxyl groups is 2. The molecule has 0 saturated heterocycles. The maximum atomic E-state index is 14.3. The molecule has 1 aliphatic carbocycles. The summed E-state index contributed by atoms with van der Waals surface area (Å²) in [5.74, 6) is -0.0399. The van der Waals surface area contributed by atoms with E-state index in [1.165, 1.54) is 12.1 Å². The van der Waals surface area contributed by atoms with Crippen LogP contribution in [0.2, 0.25) is 0 Å². The topological polar surface area (TPSA) is 147 Å². The highest BCUT2D eigenvalue weighted by Crippen LogP contribution is 2.43. The molecule has 0 unspecified atom stereocenters. The van der Waals surface area contributed by atoms with E-state index in [4.69, 9.17) is 19.6 Å². The highest BCUT2D eigenvalue weighted by atomic mass is 79.9. The van der Waals surface area contributed by atoms with Crippen LogP contribution in [0.5, 0.6) is 5.75 Å². The molecule has 2 atom stereocenters. The number of carbonyl (C=O) groups excluding carboxylic acids is 1. The number of nitrogens with one attached hydrogen (secondary N) is 2. The number of aliphatic imine (C=N–C) groups is 1. The third-order valence-corrected chi connectivity index (χ3v) is 10.4. The Morgan fingerprint density at radius 2 is 1.69 bits per heavy atom. The molecule has 1 fully saturated rings. The summed E-state index contributed by atoms with van der Waals surface area (Å²) in [5.41, 5.74) is 5.58. The molecule has 0 spiro atoms. The smallest absolute Gasteiger partial charge is 0.266 e. The van der Waals surface area contributed by atoms with Crippen LogP contribution in [0.4, 0.5) is 0 Å². The predicted octanol–water partition coefficient (Wildman–Crippen LogP) is 4.26. The van der Waals surface area contributed by atoms with Crippen LogP contribution >= 0.6 is 15.9 Å². The molecule has 1 amide bonds. The molecule has 5 rings (SSSR count). The number of hydrogen-bond acceptors (Lipinski definition) is 9. The van der Waals surface area contributed by atoms with Gasteiger partial charge < -0.3 is 19.7 Å². The van der Waals surface area contributed by atoms with Crippen LogP contribution in [0.15, 0.2) is 93.2 Å². The fourth-order valence-corrected chi connectivity index (χ4v) is 7.19. The molecule has 240 valence electrons. The van der Waals surface area contributed by atoms with Gasteiger partial charge in [-0.05, 0) is 79.8 Å². The van der Waals surface area contributed by atoms with E-state index in [1.54, 1.807) is 42.5 Å². The molecule has 2 aliphatic rings. The average molecular weight is 701 g/mol. The second-order valence-corrected chi connectivity index (χ2v) is 14.4. The van der Waals surface area contributed by atoms with Crippen molar-refractivity contribution in [3.05, 3.63) is 94.5 Å². The number of aliphatic hydroxyl groups excluding tert-OH is 2. The molecule has 0 bridgehead atoms. The zero-order valence-electron chi connectivity index (χ0n) is 24.8. The maximum Gasteiger partial charge on any atom is 0.266 e. The number of carbonyl (C=O) groups is 1. The van der Waals surface area contributed by atoms with Crippen LogP contribution in [0.25, 0.3) is 0 Å². The number of nitrogens with zero attached hydrogens (tertiary/aromatic N) is 1. The highest BCUT2D eigenvalue weighted by molar-refractivity contribution is 9.10. The third-order valence-electron chi connectivity index (χ3n) is 8.14. The quantitative estimate of drug-likeness (QED) is 0.153. The van der Waals surface area contributed by atoms with Gasteiger partial charge in [0.1, 0.15) is 5.75 Å². The lowest BCUT2D eigenvalue weighted by Crippen LogP contribution is -2.56. The molecule has 0 aromatic heterocycles. The van der Waals surface area contributed by atoms with E-state index in [-0.39, 0.29) is 41.7 Å². The summed E-state index contributed by atoms with van der Waals surface area (Å²) in [4.78, 5) is 19.4. The van der Waals surface area contributed by atoms with Gasteiger partial charge in [0.15, 0.2) is 21.5 Å². The van der Waals surface area contributed by atoms with E-state index in [2.05, 4.69) is 26.8 Å². The number of halogens is 1. The zero-order chi connectivity index (χ0) is 31.9. The first kappa shape index (κ1) is 33.1. The number of benzene rings is 3. The Morgan fingerprint density at radius 3 is 2.36 bits per heavy atom. The Bertz CT molecular complexity index is 1560. The molecule has 0 radical (unpaired) electrons. The van der Waals surface area contributed by atoms with Crippen molar-refractivity contribution < 1.29 is 32.9 Å². The first-order valence-corrected chi connectivity index (χ1v) is 17.5. The summed E-state index contributed by atoms with van der Waals surface area (Å²) >= 11 is 3.46. The first-order chi connectivity index (χ1) is 21.7. The summed E-state index contributed by atoms with van der Waals surface area (Å²) in [5, 5.41) is 19.0. The number of hydrazine groups is 1. The zero-order valence-corrected chi connectivity index (χ0v) is 27.2. The molecule has 3 aromatic carbocycles. The number of rotatable bonds is 13. The standard InChI is InChI=1S/C33H38BrN3O7S/c34-25-11-7-23(8-12-25)30-33(19-22-45(41,42)29-5-2-1-3-6-29,32(40)37-36-26-13-15-27(39)16-14-26)35-31(44-30)24-9-17-28(18-10-24)43-21-4-20-38/h1-3,5-12,17-18,26-27,30,36,38-39H,4,13-16,19-22H2,(H,37,40)/t26?,27?,30-,33-/m0/s1. The molecule has 1 saturated carbocycles. The predicted molar refractivity (Wildman–Crippen MR) is 174 cm³/mol. The summed E-state index contributed by atoms with van der Waals surface area (Å²) in [6.07, 6.45) is 1.70. The van der Waals surface area contributed by atoms with Gasteiger partial charge in [-0.25, -0.2) is 18.8 Å². The number of ether oxygens (including phenoxy) is 2. The van der Waals surface area contributed by atoms with Crippen LogP contribution < -0.4 is 15.6 Å². The third kappa shape index (κ3) is 8.11. The number of hydrogen-bond donors (Lipinski definition) is 4. The van der Waals surface area contributed by atoms with E-state index in [1.807, 2.05) is 24.3 Å². The minimum Gasteiger partial charge on any atom is -0.494 e. The fourth-order valence-electron chi connectivity index (χ4n) is 5.54. The van der Waals surface area contributed by atoms with E-state index in [9.17, 15) is 18.3 Å². The summed E-state index contributed by atoms with van der Waals surface area (Å²) in [7, 11) is -3.77. The minimum absolute atomic E-state index is 0.0296. The van der Waals surface area contributed by atoms with Gasteiger partial charge in [0.25, 0.3) is 5.91 Å². The summed E-state index contributed by atoms with van der Waals surface area (Å²) < 4.78 is 39.9. The molecule has 45 heavy (non-hydrogen) atoms. The molecule has 12 heteroatoms. The maximum absolute atomic E-state index is 14.3. The molecule has 4 N–H and O–H groups in total. The normalized spacial score (nSPS) is 23.2. The van der Waals surface area contributed by atoms with Gasteiger partial charge in [-0.3, -0.25) is 10.2 Å². The first-order valence-electron chi connectivity index (χ1n) is 15.1. The lowest BCUT2D eigenvalue weighted by molar-refractivity contribution is -0.130. The van der Waals surface area contributed by atoms with Crippen molar-refractivity contribution in [2.75, 3.05) is 19.0 Å². The van der Waals surface area contributed by atoms with Crippen LogP contribution in [0.3, 0.4) is 0 Å². The van der Waals surface area contributed by atoms with Gasteiger partial charge in [0.2, 0.25) is 5.90 Å². The monoisotopic (exact) mass is 699 g/mol. The van der Waals surface area contributed by atoms with Crippen molar-refractivity contribution in [1.29, 1.82) is 0 Å². The van der Waals surface area contributed by atoms with Crippen molar-refractivity contribution in [2.45, 2.75) is 67.2 Å². The molecule has 10 nitrogen and oxygen atoms in total. The second kappa shape index (κ2) is 14.9. The minimum atomic E-state index is -3.77. The van der Waals surface area contributed by atoms with Crippen molar-refractivity contribution in [3.8, 4) is 5.75 Å². The molecule has 1 heterocycles.